The first-order valence-corrected chi connectivity index (χ1v) is 8.01. The van der Waals surface area contributed by atoms with E-state index < -0.39 is 0 Å². The van der Waals surface area contributed by atoms with Gasteiger partial charge in [0.1, 0.15) is 5.75 Å². The molecule has 0 radical (unpaired) electrons. The van der Waals surface area contributed by atoms with E-state index in [1.54, 1.807) is 7.11 Å². The Balaban J connectivity index is 2.36. The summed E-state index contributed by atoms with van der Waals surface area (Å²) < 4.78 is 5.54. The van der Waals surface area contributed by atoms with Gasteiger partial charge in [0, 0.05) is 11.1 Å². The average Bonchev–Trinajstić information content (AvgIpc) is 2.56. The van der Waals surface area contributed by atoms with Crippen LogP contribution in [0.4, 0.5) is 0 Å². The highest BCUT2D eigenvalue weighted by molar-refractivity contribution is 5.37. The van der Waals surface area contributed by atoms with Crippen LogP contribution in [0.15, 0.2) is 24.3 Å². The van der Waals surface area contributed by atoms with Crippen LogP contribution in [0.2, 0.25) is 0 Å². The van der Waals surface area contributed by atoms with E-state index in [9.17, 15) is 0 Å². The Kier molecular flexibility index (Phi) is 5.62. The Morgan fingerprint density at radius 2 is 1.95 bits per heavy atom. The summed E-state index contributed by atoms with van der Waals surface area (Å²) in [6.07, 6.45) is 4.93. The Morgan fingerprint density at radius 3 is 2.52 bits per heavy atom. The molecule has 0 saturated carbocycles. The van der Waals surface area contributed by atoms with Crippen LogP contribution in [-0.4, -0.2) is 30.6 Å². The molecule has 1 aliphatic heterocycles. The minimum absolute atomic E-state index is 0.0101. The maximum absolute atomic E-state index is 5.96. The predicted molar refractivity (Wildman–Crippen MR) is 87.2 cm³/mol. The van der Waals surface area contributed by atoms with E-state index in [1.165, 1.54) is 19.3 Å². The number of hydrogen-bond acceptors (Lipinski definition) is 4. The summed E-state index contributed by atoms with van der Waals surface area (Å²) >= 11 is 0. The summed E-state index contributed by atoms with van der Waals surface area (Å²) in [6.45, 7) is 6.86. The first-order chi connectivity index (χ1) is 10.2. The first-order valence-electron chi connectivity index (χ1n) is 8.01. The number of para-hydroxylation sites is 1. The molecule has 118 valence electrons. The second-order valence-electron chi connectivity index (χ2n) is 6.10. The summed E-state index contributed by atoms with van der Waals surface area (Å²) in [5, 5.41) is 0. The van der Waals surface area contributed by atoms with E-state index in [0.717, 1.165) is 30.8 Å². The van der Waals surface area contributed by atoms with Crippen molar-refractivity contribution >= 4 is 0 Å². The molecule has 2 unspecified atom stereocenters. The number of piperidine rings is 1. The van der Waals surface area contributed by atoms with Crippen LogP contribution >= 0.6 is 0 Å². The summed E-state index contributed by atoms with van der Waals surface area (Å²) in [4.78, 5) is 2.59. The van der Waals surface area contributed by atoms with E-state index in [4.69, 9.17) is 10.6 Å². The number of rotatable bonds is 6. The number of methoxy groups -OCH3 is 1. The molecule has 4 nitrogen and oxygen atoms in total. The van der Waals surface area contributed by atoms with Crippen LogP contribution in [0, 0.1) is 0 Å². The molecule has 3 N–H and O–H groups in total. The lowest BCUT2D eigenvalue weighted by atomic mass is 9.81. The third kappa shape index (κ3) is 3.23. The monoisotopic (exact) mass is 291 g/mol. The minimum atomic E-state index is -0.0101. The van der Waals surface area contributed by atoms with Crippen LogP contribution in [-0.2, 0) is 0 Å². The van der Waals surface area contributed by atoms with Gasteiger partial charge < -0.3 is 4.74 Å². The van der Waals surface area contributed by atoms with Crippen molar-refractivity contribution in [3.8, 4) is 5.75 Å². The predicted octanol–water partition coefficient (Wildman–Crippen LogP) is 2.85. The van der Waals surface area contributed by atoms with Gasteiger partial charge in [0.05, 0.1) is 13.2 Å². The van der Waals surface area contributed by atoms with Crippen LogP contribution in [0.5, 0.6) is 5.75 Å². The lowest BCUT2D eigenvalue weighted by Gasteiger charge is -2.48. The molecule has 1 fully saturated rings. The van der Waals surface area contributed by atoms with Gasteiger partial charge in [0.2, 0.25) is 0 Å². The van der Waals surface area contributed by atoms with Crippen LogP contribution < -0.4 is 16.0 Å². The van der Waals surface area contributed by atoms with Gasteiger partial charge in [-0.15, -0.1) is 0 Å². The second-order valence-corrected chi connectivity index (χ2v) is 6.10. The van der Waals surface area contributed by atoms with Crippen molar-refractivity contribution in [1.82, 2.24) is 10.3 Å². The summed E-state index contributed by atoms with van der Waals surface area (Å²) in [5.41, 5.74) is 4.19. The van der Waals surface area contributed by atoms with Crippen LogP contribution in [0.1, 0.15) is 51.1 Å². The van der Waals surface area contributed by atoms with Crippen molar-refractivity contribution < 1.29 is 4.74 Å². The molecule has 2 rings (SSSR count). The zero-order valence-corrected chi connectivity index (χ0v) is 13.6. The van der Waals surface area contributed by atoms with Crippen LogP contribution in [0.25, 0.3) is 0 Å². The summed E-state index contributed by atoms with van der Waals surface area (Å²) in [5.74, 6) is 6.86. The van der Waals surface area contributed by atoms with Gasteiger partial charge >= 0.3 is 0 Å². The largest absolute Gasteiger partial charge is 0.496 e. The van der Waals surface area contributed by atoms with E-state index >= 15 is 0 Å². The molecule has 0 spiro atoms. The van der Waals surface area contributed by atoms with E-state index in [0.29, 0.717) is 0 Å². The van der Waals surface area contributed by atoms with Gasteiger partial charge in [0.15, 0.2) is 0 Å². The summed E-state index contributed by atoms with van der Waals surface area (Å²) in [7, 11) is 1.72. The van der Waals surface area contributed by atoms with Gasteiger partial charge in [-0.2, -0.15) is 0 Å². The van der Waals surface area contributed by atoms with Gasteiger partial charge in [-0.1, -0.05) is 31.5 Å². The maximum atomic E-state index is 5.96. The first kappa shape index (κ1) is 16.3. The number of hydrazine groups is 1. The van der Waals surface area contributed by atoms with Gasteiger partial charge in [-0.05, 0) is 45.3 Å². The van der Waals surface area contributed by atoms with E-state index in [2.05, 4.69) is 36.3 Å². The SMILES string of the molecule is CCC(C)(C(NN)c1ccccc1OC)N1CCCCC1. The third-order valence-electron chi connectivity index (χ3n) is 5.03. The number of ether oxygens (including phenoxy) is 1. The normalized spacial score (nSPS) is 20.8. The van der Waals surface area contributed by atoms with Crippen molar-refractivity contribution in [2.24, 2.45) is 5.84 Å². The number of likely N-dealkylation sites (tertiary alicyclic amines) is 1. The lowest BCUT2D eigenvalue weighted by molar-refractivity contribution is 0.0417. The highest BCUT2D eigenvalue weighted by Gasteiger charge is 2.40. The smallest absolute Gasteiger partial charge is 0.123 e. The van der Waals surface area contributed by atoms with Gasteiger partial charge in [-0.25, -0.2) is 0 Å². The molecule has 1 heterocycles. The zero-order valence-electron chi connectivity index (χ0n) is 13.6. The summed E-state index contributed by atoms with van der Waals surface area (Å²) in [6, 6.07) is 8.22. The fourth-order valence-electron chi connectivity index (χ4n) is 3.52. The minimum Gasteiger partial charge on any atom is -0.496 e. The fourth-order valence-corrected chi connectivity index (χ4v) is 3.52. The molecule has 0 bridgehead atoms. The van der Waals surface area contributed by atoms with Crippen molar-refractivity contribution in [2.45, 2.75) is 51.1 Å². The van der Waals surface area contributed by atoms with E-state index in [1.807, 2.05) is 12.1 Å². The topological polar surface area (TPSA) is 50.5 Å². The van der Waals surface area contributed by atoms with Crippen molar-refractivity contribution in [3.63, 3.8) is 0 Å². The molecular weight excluding hydrogens is 262 g/mol. The van der Waals surface area contributed by atoms with Crippen molar-refractivity contribution in [1.29, 1.82) is 0 Å². The molecule has 4 heteroatoms. The van der Waals surface area contributed by atoms with Crippen molar-refractivity contribution in [3.05, 3.63) is 29.8 Å². The number of nitrogens with zero attached hydrogens (tertiary/aromatic N) is 1. The molecule has 0 amide bonds. The van der Waals surface area contributed by atoms with Crippen molar-refractivity contribution in [2.75, 3.05) is 20.2 Å². The molecule has 1 aliphatic rings. The Morgan fingerprint density at radius 1 is 1.29 bits per heavy atom. The van der Waals surface area contributed by atoms with Gasteiger partial charge in [0.25, 0.3) is 0 Å². The standard InChI is InChI=1S/C17H29N3O/c1-4-17(2,20-12-8-5-9-13-20)16(19-18)14-10-6-7-11-15(14)21-3/h6-7,10-11,16,19H,4-5,8-9,12-13,18H2,1-3H3. The molecule has 1 saturated heterocycles. The average molecular weight is 291 g/mol. The Hall–Kier alpha value is -1.10. The number of benzene rings is 1. The highest BCUT2D eigenvalue weighted by Crippen LogP contribution is 2.38. The highest BCUT2D eigenvalue weighted by atomic mass is 16.5. The molecule has 1 aromatic carbocycles. The zero-order chi connectivity index (χ0) is 15.3. The number of hydrogen-bond donors (Lipinski definition) is 2. The fraction of sp³-hybridized carbons (Fsp3) is 0.647. The molecule has 1 aromatic rings. The Labute approximate surface area is 128 Å². The lowest BCUT2D eigenvalue weighted by Crippen LogP contribution is -2.57. The molecular formula is C17H29N3O. The maximum Gasteiger partial charge on any atom is 0.123 e. The number of nitrogens with two attached hydrogens (primary N) is 1. The molecule has 21 heavy (non-hydrogen) atoms. The molecule has 0 aromatic heterocycles. The number of nitrogens with one attached hydrogen (secondary N) is 1. The second kappa shape index (κ2) is 7.25. The molecule has 2 atom stereocenters. The Bertz CT molecular complexity index is 445. The third-order valence-corrected chi connectivity index (χ3v) is 5.03. The van der Waals surface area contributed by atoms with E-state index in [-0.39, 0.29) is 11.6 Å². The van der Waals surface area contributed by atoms with Gasteiger partial charge in [-0.3, -0.25) is 16.2 Å². The quantitative estimate of drug-likeness (QED) is 0.625. The molecule has 0 aliphatic carbocycles. The van der Waals surface area contributed by atoms with Crippen LogP contribution in [0.3, 0.4) is 0 Å².